The summed E-state index contributed by atoms with van der Waals surface area (Å²) in [6.45, 7) is 2.05. The summed E-state index contributed by atoms with van der Waals surface area (Å²) in [5, 5.41) is 0.507. The molecule has 0 fully saturated rings. The molecule has 0 aromatic heterocycles. The van der Waals surface area contributed by atoms with E-state index in [1.165, 1.54) is 5.56 Å². The van der Waals surface area contributed by atoms with E-state index in [2.05, 4.69) is 20.9 Å². The van der Waals surface area contributed by atoms with Crippen molar-refractivity contribution in [1.29, 1.82) is 0 Å². The molecule has 0 unspecified atom stereocenters. The Morgan fingerprint density at radius 3 is 2.18 bits per heavy atom. The second kappa shape index (κ2) is 5.48. The molecule has 0 radical (unpaired) electrons. The van der Waals surface area contributed by atoms with Gasteiger partial charge in [-0.1, -0.05) is 57.4 Å². The molecule has 0 saturated carbocycles. The predicted molar refractivity (Wildman–Crippen MR) is 77.4 cm³/mol. The molecule has 0 amide bonds. The topological polar surface area (TPSA) is 12.4 Å². The molecule has 1 nitrogen and oxygen atoms in total. The maximum atomic E-state index is 6.17. The van der Waals surface area contributed by atoms with Crippen LogP contribution in [0.3, 0.4) is 0 Å². The number of hydrogen-bond donors (Lipinski definition) is 0. The van der Waals surface area contributed by atoms with Crippen LogP contribution in [-0.2, 0) is 0 Å². The smallest absolute Gasteiger partial charge is 0.136 e. The number of rotatable bonds is 2. The second-order valence-corrected chi connectivity index (χ2v) is 5.02. The first-order valence-corrected chi connectivity index (χ1v) is 6.39. The van der Waals surface area contributed by atoms with Crippen molar-refractivity contribution in [2.24, 2.45) is 4.99 Å². The zero-order valence-electron chi connectivity index (χ0n) is 9.32. The first-order valence-electron chi connectivity index (χ1n) is 5.22. The molecule has 0 heterocycles. The minimum absolute atomic E-state index is 0.507. The first-order chi connectivity index (χ1) is 8.15. The number of hydrogen-bond acceptors (Lipinski definition) is 1. The third-order valence-electron chi connectivity index (χ3n) is 2.34. The SMILES string of the molecule is Cc1ccc(/C(Cl)=N/c2ccc(Br)cc2)cc1. The summed E-state index contributed by atoms with van der Waals surface area (Å²) in [6.07, 6.45) is 0. The lowest BCUT2D eigenvalue weighted by atomic mass is 10.2. The molecular formula is C14H11BrClN. The molecule has 0 aliphatic carbocycles. The summed E-state index contributed by atoms with van der Waals surface area (Å²) in [5.74, 6) is 0. The van der Waals surface area contributed by atoms with Gasteiger partial charge in [0, 0.05) is 10.0 Å². The van der Waals surface area contributed by atoms with Crippen LogP contribution in [0.5, 0.6) is 0 Å². The third-order valence-corrected chi connectivity index (χ3v) is 3.18. The van der Waals surface area contributed by atoms with Crippen LogP contribution in [0.4, 0.5) is 5.69 Å². The van der Waals surface area contributed by atoms with Gasteiger partial charge >= 0.3 is 0 Å². The van der Waals surface area contributed by atoms with Gasteiger partial charge in [-0.2, -0.15) is 0 Å². The largest absolute Gasteiger partial charge is 0.236 e. The van der Waals surface area contributed by atoms with Crippen LogP contribution >= 0.6 is 27.5 Å². The Kier molecular flexibility index (Phi) is 3.97. The van der Waals surface area contributed by atoms with Crippen molar-refractivity contribution in [3.8, 4) is 0 Å². The number of aliphatic imine (C=N–C) groups is 1. The number of halogens is 2. The highest BCUT2D eigenvalue weighted by atomic mass is 79.9. The van der Waals surface area contributed by atoms with Gasteiger partial charge in [0.05, 0.1) is 5.69 Å². The Labute approximate surface area is 114 Å². The lowest BCUT2D eigenvalue weighted by molar-refractivity contribution is 1.45. The summed E-state index contributed by atoms with van der Waals surface area (Å²) in [7, 11) is 0. The van der Waals surface area contributed by atoms with Crippen LogP contribution < -0.4 is 0 Å². The molecule has 86 valence electrons. The van der Waals surface area contributed by atoms with E-state index < -0.39 is 0 Å². The fourth-order valence-corrected chi connectivity index (χ4v) is 1.87. The van der Waals surface area contributed by atoms with Crippen LogP contribution in [0.2, 0.25) is 0 Å². The monoisotopic (exact) mass is 307 g/mol. The van der Waals surface area contributed by atoms with E-state index >= 15 is 0 Å². The highest BCUT2D eigenvalue weighted by molar-refractivity contribution is 9.10. The first kappa shape index (κ1) is 12.3. The Bertz CT molecular complexity index is 529. The quantitative estimate of drug-likeness (QED) is 0.686. The van der Waals surface area contributed by atoms with Gasteiger partial charge < -0.3 is 0 Å². The maximum Gasteiger partial charge on any atom is 0.136 e. The average molecular weight is 309 g/mol. The van der Waals surface area contributed by atoms with E-state index in [-0.39, 0.29) is 0 Å². The van der Waals surface area contributed by atoms with Crippen LogP contribution in [0, 0.1) is 6.92 Å². The molecule has 0 atom stereocenters. The molecular weight excluding hydrogens is 298 g/mol. The Morgan fingerprint density at radius 2 is 1.59 bits per heavy atom. The number of aryl methyl sites for hydroxylation is 1. The minimum Gasteiger partial charge on any atom is -0.236 e. The van der Waals surface area contributed by atoms with Gasteiger partial charge in [0.15, 0.2) is 0 Å². The third kappa shape index (κ3) is 3.42. The van der Waals surface area contributed by atoms with Crippen LogP contribution in [-0.4, -0.2) is 5.17 Å². The Morgan fingerprint density at radius 1 is 1.00 bits per heavy atom. The van der Waals surface area contributed by atoms with E-state index in [9.17, 15) is 0 Å². The number of benzene rings is 2. The van der Waals surface area contributed by atoms with Crippen molar-refractivity contribution in [2.45, 2.75) is 6.92 Å². The lowest BCUT2D eigenvalue weighted by Gasteiger charge is -2.00. The van der Waals surface area contributed by atoms with Crippen molar-refractivity contribution < 1.29 is 0 Å². The summed E-state index contributed by atoms with van der Waals surface area (Å²) < 4.78 is 1.03. The van der Waals surface area contributed by atoms with Gasteiger partial charge in [-0.25, -0.2) is 4.99 Å². The summed E-state index contributed by atoms with van der Waals surface area (Å²) in [4.78, 5) is 4.36. The molecule has 3 heteroatoms. The fourth-order valence-electron chi connectivity index (χ4n) is 1.38. The van der Waals surface area contributed by atoms with E-state index in [1.54, 1.807) is 0 Å². The molecule has 17 heavy (non-hydrogen) atoms. The highest BCUT2D eigenvalue weighted by Crippen LogP contribution is 2.19. The molecule has 0 spiro atoms. The average Bonchev–Trinajstić information content (AvgIpc) is 2.33. The molecule has 0 aliphatic rings. The molecule has 0 N–H and O–H groups in total. The van der Waals surface area contributed by atoms with Crippen molar-refractivity contribution >= 4 is 38.4 Å². The molecule has 0 aliphatic heterocycles. The summed E-state index contributed by atoms with van der Waals surface area (Å²) in [6, 6.07) is 15.7. The van der Waals surface area contributed by atoms with Crippen molar-refractivity contribution in [3.05, 3.63) is 64.1 Å². The van der Waals surface area contributed by atoms with Crippen molar-refractivity contribution in [3.63, 3.8) is 0 Å². The highest BCUT2D eigenvalue weighted by Gasteiger charge is 1.99. The maximum absolute atomic E-state index is 6.17. The van der Waals surface area contributed by atoms with Gasteiger partial charge in [-0.05, 0) is 31.2 Å². The molecule has 2 rings (SSSR count). The van der Waals surface area contributed by atoms with Gasteiger partial charge in [-0.3, -0.25) is 0 Å². The molecule has 2 aromatic rings. The summed E-state index contributed by atoms with van der Waals surface area (Å²) >= 11 is 9.55. The predicted octanol–water partition coefficient (Wildman–Crippen LogP) is 5.07. The zero-order chi connectivity index (χ0) is 12.3. The van der Waals surface area contributed by atoms with E-state index in [1.807, 2.05) is 55.5 Å². The molecule has 0 bridgehead atoms. The van der Waals surface area contributed by atoms with Crippen molar-refractivity contribution in [2.75, 3.05) is 0 Å². The lowest BCUT2D eigenvalue weighted by Crippen LogP contribution is -1.90. The van der Waals surface area contributed by atoms with Gasteiger partial charge in [0.1, 0.15) is 5.17 Å². The van der Waals surface area contributed by atoms with Crippen LogP contribution in [0.1, 0.15) is 11.1 Å². The Balaban J connectivity index is 2.27. The van der Waals surface area contributed by atoms with Gasteiger partial charge in [-0.15, -0.1) is 0 Å². The second-order valence-electron chi connectivity index (χ2n) is 3.75. The molecule has 0 saturated heterocycles. The van der Waals surface area contributed by atoms with E-state index in [0.717, 1.165) is 15.7 Å². The van der Waals surface area contributed by atoms with Crippen molar-refractivity contribution in [1.82, 2.24) is 0 Å². The molecule has 2 aromatic carbocycles. The van der Waals surface area contributed by atoms with E-state index in [0.29, 0.717) is 5.17 Å². The van der Waals surface area contributed by atoms with Crippen LogP contribution in [0.25, 0.3) is 0 Å². The zero-order valence-corrected chi connectivity index (χ0v) is 11.7. The Hall–Kier alpha value is -1.12. The normalized spacial score (nSPS) is 11.6. The fraction of sp³-hybridized carbons (Fsp3) is 0.0714. The number of nitrogens with zero attached hydrogens (tertiary/aromatic N) is 1. The van der Waals surface area contributed by atoms with Gasteiger partial charge in [0.2, 0.25) is 0 Å². The van der Waals surface area contributed by atoms with Crippen LogP contribution in [0.15, 0.2) is 58.0 Å². The van der Waals surface area contributed by atoms with E-state index in [4.69, 9.17) is 11.6 Å². The summed E-state index contributed by atoms with van der Waals surface area (Å²) in [5.41, 5.74) is 2.99. The van der Waals surface area contributed by atoms with Gasteiger partial charge in [0.25, 0.3) is 0 Å². The standard InChI is InChI=1S/C14H11BrClN/c1-10-2-4-11(5-3-10)14(16)17-13-8-6-12(15)7-9-13/h2-9H,1H3/b17-14-. The minimum atomic E-state index is 0.507.